The zero-order valence-corrected chi connectivity index (χ0v) is 13.7. The first-order chi connectivity index (χ1) is 10.5. The van der Waals surface area contributed by atoms with Crippen molar-refractivity contribution in [1.29, 1.82) is 0 Å². The number of hydrogen-bond acceptors (Lipinski definition) is 2. The molecular weight excluding hydrogens is 296 g/mol. The summed E-state index contributed by atoms with van der Waals surface area (Å²) in [6, 6.07) is 13.6. The van der Waals surface area contributed by atoms with E-state index in [2.05, 4.69) is 6.92 Å². The normalized spacial score (nSPS) is 23.2. The van der Waals surface area contributed by atoms with Crippen LogP contribution in [0.15, 0.2) is 42.5 Å². The number of esters is 1. The molecule has 1 aliphatic rings. The molecule has 0 aromatic heterocycles. The Morgan fingerprint density at radius 3 is 2.23 bits per heavy atom. The average molecular weight is 315 g/mol. The Morgan fingerprint density at radius 2 is 1.64 bits per heavy atom. The first-order valence-corrected chi connectivity index (χ1v) is 7.90. The van der Waals surface area contributed by atoms with E-state index in [0.717, 1.165) is 16.7 Å². The summed E-state index contributed by atoms with van der Waals surface area (Å²) in [5, 5.41) is 0.715. The van der Waals surface area contributed by atoms with Gasteiger partial charge in [0.1, 0.15) is 5.75 Å². The van der Waals surface area contributed by atoms with Gasteiger partial charge in [-0.3, -0.25) is 4.79 Å². The van der Waals surface area contributed by atoms with Gasteiger partial charge in [-0.05, 0) is 48.6 Å². The molecule has 3 atom stereocenters. The molecule has 3 heteroatoms. The summed E-state index contributed by atoms with van der Waals surface area (Å²) >= 11 is 5.92. The molecule has 3 rings (SSSR count). The molecule has 0 N–H and O–H groups in total. The second-order valence-electron chi connectivity index (χ2n) is 6.10. The topological polar surface area (TPSA) is 26.3 Å². The summed E-state index contributed by atoms with van der Waals surface area (Å²) in [5.74, 6) is 1.03. The highest BCUT2D eigenvalue weighted by atomic mass is 35.5. The van der Waals surface area contributed by atoms with Gasteiger partial charge in [0.05, 0.1) is 5.92 Å². The third kappa shape index (κ3) is 2.76. The van der Waals surface area contributed by atoms with Crippen molar-refractivity contribution < 1.29 is 9.53 Å². The van der Waals surface area contributed by atoms with E-state index in [9.17, 15) is 4.79 Å². The van der Waals surface area contributed by atoms with Gasteiger partial charge in [0, 0.05) is 10.9 Å². The van der Waals surface area contributed by atoms with Crippen molar-refractivity contribution in [2.24, 2.45) is 11.8 Å². The number of rotatable bonds is 3. The second-order valence-corrected chi connectivity index (χ2v) is 6.54. The lowest BCUT2D eigenvalue weighted by atomic mass is 10.1. The third-order valence-electron chi connectivity index (χ3n) is 4.52. The van der Waals surface area contributed by atoms with Crippen LogP contribution in [0.4, 0.5) is 0 Å². The van der Waals surface area contributed by atoms with Crippen LogP contribution < -0.4 is 4.74 Å². The van der Waals surface area contributed by atoms with Crippen molar-refractivity contribution in [2.75, 3.05) is 0 Å². The minimum absolute atomic E-state index is 0.0693. The first-order valence-electron chi connectivity index (χ1n) is 7.52. The van der Waals surface area contributed by atoms with Gasteiger partial charge in [-0.1, -0.05) is 48.9 Å². The van der Waals surface area contributed by atoms with E-state index >= 15 is 0 Å². The SMILES string of the molecule is Cc1cccc(C)c1OC(=O)[C@@H]1[C@H](C)[C@H]1c1ccc(Cl)cc1. The van der Waals surface area contributed by atoms with Crippen LogP contribution in [-0.2, 0) is 4.79 Å². The number of halogens is 1. The van der Waals surface area contributed by atoms with Gasteiger partial charge in [-0.25, -0.2) is 0 Å². The maximum absolute atomic E-state index is 12.5. The van der Waals surface area contributed by atoms with Crippen LogP contribution >= 0.6 is 11.6 Å². The molecular formula is C19H19ClO2. The summed E-state index contributed by atoms with van der Waals surface area (Å²) in [5.41, 5.74) is 3.13. The maximum Gasteiger partial charge on any atom is 0.315 e. The molecule has 0 saturated heterocycles. The number of ether oxygens (including phenoxy) is 1. The van der Waals surface area contributed by atoms with Crippen LogP contribution in [0.5, 0.6) is 5.75 Å². The molecule has 2 aromatic rings. The molecule has 1 saturated carbocycles. The van der Waals surface area contributed by atoms with Gasteiger partial charge in [-0.2, -0.15) is 0 Å². The predicted molar refractivity (Wildman–Crippen MR) is 88.4 cm³/mol. The Hall–Kier alpha value is -1.80. The summed E-state index contributed by atoms with van der Waals surface area (Å²) in [6.07, 6.45) is 0. The van der Waals surface area contributed by atoms with E-state index in [-0.39, 0.29) is 17.8 Å². The van der Waals surface area contributed by atoms with Gasteiger partial charge in [0.15, 0.2) is 0 Å². The average Bonchev–Trinajstić information content (AvgIpc) is 3.15. The molecule has 1 aliphatic carbocycles. The zero-order valence-electron chi connectivity index (χ0n) is 13.0. The standard InChI is InChI=1S/C19H19ClO2/c1-11-5-4-6-12(2)18(11)22-19(21)17-13(3)16(17)14-7-9-15(20)10-8-14/h4-10,13,16-17H,1-3H3/t13-,16+,17-/m1/s1. The molecule has 22 heavy (non-hydrogen) atoms. The fourth-order valence-corrected chi connectivity index (χ4v) is 3.27. The number of para-hydroxylation sites is 1. The maximum atomic E-state index is 12.5. The highest BCUT2D eigenvalue weighted by molar-refractivity contribution is 6.30. The molecule has 0 heterocycles. The first kappa shape index (κ1) is 15.1. The summed E-state index contributed by atoms with van der Waals surface area (Å²) in [6.45, 7) is 6.02. The predicted octanol–water partition coefficient (Wildman–Crippen LogP) is 4.91. The summed E-state index contributed by atoms with van der Waals surface area (Å²) in [7, 11) is 0. The molecule has 0 bridgehead atoms. The fraction of sp³-hybridized carbons (Fsp3) is 0.316. The van der Waals surface area contributed by atoms with Crippen molar-refractivity contribution in [1.82, 2.24) is 0 Å². The van der Waals surface area contributed by atoms with E-state index in [1.165, 1.54) is 0 Å². The highest BCUT2D eigenvalue weighted by Crippen LogP contribution is 2.54. The second kappa shape index (κ2) is 5.77. The molecule has 2 aromatic carbocycles. The quantitative estimate of drug-likeness (QED) is 0.594. The van der Waals surface area contributed by atoms with Gasteiger partial charge in [0.2, 0.25) is 0 Å². The molecule has 0 unspecified atom stereocenters. The fourth-order valence-electron chi connectivity index (χ4n) is 3.15. The number of carbonyl (C=O) groups is 1. The third-order valence-corrected chi connectivity index (χ3v) is 4.77. The van der Waals surface area contributed by atoms with Crippen LogP contribution in [0.2, 0.25) is 5.02 Å². The van der Waals surface area contributed by atoms with Crippen LogP contribution in [0.3, 0.4) is 0 Å². The summed E-state index contributed by atoms with van der Waals surface area (Å²) < 4.78 is 5.68. The number of carbonyl (C=O) groups excluding carboxylic acids is 1. The van der Waals surface area contributed by atoms with E-state index in [1.807, 2.05) is 56.3 Å². The van der Waals surface area contributed by atoms with Crippen molar-refractivity contribution in [3.63, 3.8) is 0 Å². The molecule has 1 fully saturated rings. The van der Waals surface area contributed by atoms with Gasteiger partial charge >= 0.3 is 5.97 Å². The monoisotopic (exact) mass is 314 g/mol. The molecule has 2 nitrogen and oxygen atoms in total. The lowest BCUT2D eigenvalue weighted by Gasteiger charge is -2.10. The van der Waals surface area contributed by atoms with Crippen LogP contribution in [0.25, 0.3) is 0 Å². The van der Waals surface area contributed by atoms with E-state index < -0.39 is 0 Å². The number of benzene rings is 2. The van der Waals surface area contributed by atoms with Crippen LogP contribution in [0.1, 0.15) is 29.5 Å². The lowest BCUT2D eigenvalue weighted by Crippen LogP contribution is -2.13. The van der Waals surface area contributed by atoms with Gasteiger partial charge < -0.3 is 4.74 Å². The minimum atomic E-state index is -0.134. The van der Waals surface area contributed by atoms with E-state index in [0.29, 0.717) is 16.7 Å². The Labute approximate surface area is 136 Å². The molecule has 0 amide bonds. The Morgan fingerprint density at radius 1 is 1.05 bits per heavy atom. The largest absolute Gasteiger partial charge is 0.426 e. The molecule has 0 spiro atoms. The zero-order chi connectivity index (χ0) is 15.9. The smallest absolute Gasteiger partial charge is 0.315 e. The molecule has 0 aliphatic heterocycles. The van der Waals surface area contributed by atoms with Crippen molar-refractivity contribution >= 4 is 17.6 Å². The van der Waals surface area contributed by atoms with E-state index in [4.69, 9.17) is 16.3 Å². The van der Waals surface area contributed by atoms with Crippen molar-refractivity contribution in [3.05, 3.63) is 64.2 Å². The number of aryl methyl sites for hydroxylation is 2. The highest BCUT2D eigenvalue weighted by Gasteiger charge is 2.53. The van der Waals surface area contributed by atoms with Crippen LogP contribution in [0, 0.1) is 25.7 Å². The van der Waals surface area contributed by atoms with Crippen molar-refractivity contribution in [2.45, 2.75) is 26.7 Å². The lowest BCUT2D eigenvalue weighted by molar-refractivity contribution is -0.136. The van der Waals surface area contributed by atoms with Gasteiger partial charge in [0.25, 0.3) is 0 Å². The molecule has 114 valence electrons. The molecule has 0 radical (unpaired) electrons. The Kier molecular flexibility index (Phi) is 3.96. The van der Waals surface area contributed by atoms with Crippen molar-refractivity contribution in [3.8, 4) is 5.75 Å². The Balaban J connectivity index is 1.75. The Bertz CT molecular complexity index is 686. The van der Waals surface area contributed by atoms with E-state index in [1.54, 1.807) is 0 Å². The van der Waals surface area contributed by atoms with Crippen LogP contribution in [-0.4, -0.2) is 5.97 Å². The van der Waals surface area contributed by atoms with Gasteiger partial charge in [-0.15, -0.1) is 0 Å². The summed E-state index contributed by atoms with van der Waals surface area (Å²) in [4.78, 5) is 12.5. The number of hydrogen-bond donors (Lipinski definition) is 0. The minimum Gasteiger partial charge on any atom is -0.426 e.